The summed E-state index contributed by atoms with van der Waals surface area (Å²) in [5.74, 6) is -0.526. The second-order valence-corrected chi connectivity index (χ2v) is 6.47. The summed E-state index contributed by atoms with van der Waals surface area (Å²) in [7, 11) is 0. The highest BCUT2D eigenvalue weighted by atomic mass is 19.4. The van der Waals surface area contributed by atoms with Gasteiger partial charge in [-0.3, -0.25) is 0 Å². The molecule has 4 rings (SSSR count). The van der Waals surface area contributed by atoms with Crippen LogP contribution in [0.15, 0.2) is 24.0 Å². The van der Waals surface area contributed by atoms with Crippen LogP contribution in [0.1, 0.15) is 30.9 Å². The third-order valence-corrected chi connectivity index (χ3v) is 5.29. The Bertz CT molecular complexity index is 806. The molecule has 0 amide bonds. The van der Waals surface area contributed by atoms with Gasteiger partial charge in [0.25, 0.3) is 0 Å². The monoisotopic (exact) mass is 322 g/mol. The van der Waals surface area contributed by atoms with Gasteiger partial charge in [-0.15, -0.1) is 0 Å². The third kappa shape index (κ3) is 2.04. The zero-order valence-electron chi connectivity index (χ0n) is 12.6. The lowest BCUT2D eigenvalue weighted by atomic mass is 9.74. The van der Waals surface area contributed by atoms with Crippen molar-refractivity contribution in [2.24, 2.45) is 11.8 Å². The molecule has 0 saturated heterocycles. The molecule has 1 aromatic carbocycles. The van der Waals surface area contributed by atoms with E-state index in [9.17, 15) is 18.3 Å². The minimum Gasteiger partial charge on any atom is -0.388 e. The van der Waals surface area contributed by atoms with Crippen LogP contribution in [0, 0.1) is 11.8 Å². The van der Waals surface area contributed by atoms with Gasteiger partial charge in [-0.25, -0.2) is 4.98 Å². The van der Waals surface area contributed by atoms with Crippen LogP contribution in [0.25, 0.3) is 16.6 Å². The number of hydrogen-bond donors (Lipinski definition) is 2. The van der Waals surface area contributed by atoms with Crippen molar-refractivity contribution in [1.82, 2.24) is 9.97 Å². The molecule has 2 N–H and O–H groups in total. The fourth-order valence-electron chi connectivity index (χ4n) is 4.26. The number of fused-ring (bicyclic) bond motifs is 5. The molecule has 0 fully saturated rings. The fraction of sp³-hybridized carbons (Fsp3) is 0.471. The summed E-state index contributed by atoms with van der Waals surface area (Å²) in [5, 5.41) is 10.3. The van der Waals surface area contributed by atoms with Crippen LogP contribution < -0.4 is 0 Å². The molecule has 0 spiro atoms. The van der Waals surface area contributed by atoms with Gasteiger partial charge in [-0.1, -0.05) is 19.4 Å². The van der Waals surface area contributed by atoms with Gasteiger partial charge in [-0.05, 0) is 47.4 Å². The number of aliphatic hydroxyl groups is 1. The van der Waals surface area contributed by atoms with Crippen molar-refractivity contribution < 1.29 is 18.3 Å². The van der Waals surface area contributed by atoms with Crippen molar-refractivity contribution in [2.75, 3.05) is 0 Å². The SMILES string of the molecule is CC[C@@H]1CC2Cc3c(ccc4[nH]cnc34)C2=C(C(F)(F)F)[C@@H]1O. The lowest BCUT2D eigenvalue weighted by Crippen LogP contribution is -2.37. The molecule has 0 saturated carbocycles. The van der Waals surface area contributed by atoms with E-state index in [1.165, 1.54) is 0 Å². The average Bonchev–Trinajstić information content (AvgIpc) is 3.08. The molecule has 2 aliphatic rings. The van der Waals surface area contributed by atoms with Crippen molar-refractivity contribution in [1.29, 1.82) is 0 Å². The van der Waals surface area contributed by atoms with Gasteiger partial charge < -0.3 is 10.1 Å². The van der Waals surface area contributed by atoms with Gasteiger partial charge in [0.05, 0.1) is 29.0 Å². The zero-order valence-corrected chi connectivity index (χ0v) is 12.6. The first-order valence-corrected chi connectivity index (χ1v) is 7.86. The summed E-state index contributed by atoms with van der Waals surface area (Å²) in [6.07, 6.45) is -2.69. The van der Waals surface area contributed by atoms with Crippen LogP contribution in [0.2, 0.25) is 0 Å². The lowest BCUT2D eigenvalue weighted by Gasteiger charge is -2.35. The zero-order chi connectivity index (χ0) is 16.4. The van der Waals surface area contributed by atoms with Gasteiger partial charge in [-0.2, -0.15) is 13.2 Å². The molecule has 1 aromatic heterocycles. The Morgan fingerprint density at radius 2 is 2.13 bits per heavy atom. The first-order valence-electron chi connectivity index (χ1n) is 7.86. The maximum Gasteiger partial charge on any atom is 0.415 e. The van der Waals surface area contributed by atoms with Crippen molar-refractivity contribution in [3.8, 4) is 0 Å². The van der Waals surface area contributed by atoms with Gasteiger partial charge in [0, 0.05) is 0 Å². The molecule has 3 atom stereocenters. The van der Waals surface area contributed by atoms with E-state index in [0.717, 1.165) is 16.6 Å². The molecule has 0 aliphatic heterocycles. The average molecular weight is 322 g/mol. The molecule has 1 heterocycles. The van der Waals surface area contributed by atoms with Crippen molar-refractivity contribution in [2.45, 2.75) is 38.5 Å². The van der Waals surface area contributed by atoms with Crippen molar-refractivity contribution in [3.63, 3.8) is 0 Å². The summed E-state index contributed by atoms with van der Waals surface area (Å²) in [6.45, 7) is 1.83. The molecule has 0 radical (unpaired) electrons. The predicted octanol–water partition coefficient (Wildman–Crippen LogP) is 3.84. The Kier molecular flexibility index (Phi) is 3.10. The van der Waals surface area contributed by atoms with E-state index < -0.39 is 17.9 Å². The Morgan fingerprint density at radius 1 is 1.35 bits per heavy atom. The molecule has 2 aliphatic carbocycles. The molecule has 2 aromatic rings. The van der Waals surface area contributed by atoms with Crippen LogP contribution in [0.5, 0.6) is 0 Å². The van der Waals surface area contributed by atoms with E-state index in [2.05, 4.69) is 9.97 Å². The summed E-state index contributed by atoms with van der Waals surface area (Å²) in [6, 6.07) is 3.50. The van der Waals surface area contributed by atoms with Crippen LogP contribution >= 0.6 is 0 Å². The van der Waals surface area contributed by atoms with E-state index in [1.807, 2.05) is 6.92 Å². The number of benzene rings is 1. The van der Waals surface area contributed by atoms with Crippen LogP contribution in [0.3, 0.4) is 0 Å². The van der Waals surface area contributed by atoms with Crippen LogP contribution in [-0.2, 0) is 6.42 Å². The molecular weight excluding hydrogens is 305 g/mol. The Balaban J connectivity index is 1.98. The van der Waals surface area contributed by atoms with E-state index in [0.29, 0.717) is 24.8 Å². The number of hydrogen-bond acceptors (Lipinski definition) is 2. The summed E-state index contributed by atoms with van der Waals surface area (Å²) < 4.78 is 40.9. The highest BCUT2D eigenvalue weighted by molar-refractivity contribution is 5.90. The second-order valence-electron chi connectivity index (χ2n) is 6.47. The van der Waals surface area contributed by atoms with E-state index >= 15 is 0 Å². The Labute approximate surface area is 131 Å². The minimum atomic E-state index is -4.51. The predicted molar refractivity (Wildman–Crippen MR) is 80.7 cm³/mol. The maximum absolute atomic E-state index is 13.6. The van der Waals surface area contributed by atoms with Crippen molar-refractivity contribution in [3.05, 3.63) is 35.2 Å². The minimum absolute atomic E-state index is 0.183. The Hall–Kier alpha value is -1.82. The van der Waals surface area contributed by atoms with Gasteiger partial charge in [0.2, 0.25) is 0 Å². The normalized spacial score (nSPS) is 27.4. The second kappa shape index (κ2) is 4.84. The molecular formula is C17H17F3N2O. The first kappa shape index (κ1) is 14.8. The van der Waals surface area contributed by atoms with Crippen LogP contribution in [-0.4, -0.2) is 27.4 Å². The summed E-state index contributed by atoms with van der Waals surface area (Å²) in [4.78, 5) is 7.27. The molecule has 0 bridgehead atoms. The molecule has 122 valence electrons. The highest BCUT2D eigenvalue weighted by Crippen LogP contribution is 2.53. The molecule has 23 heavy (non-hydrogen) atoms. The number of nitrogens with zero attached hydrogens (tertiary/aromatic N) is 1. The highest BCUT2D eigenvalue weighted by Gasteiger charge is 2.50. The molecule has 3 nitrogen and oxygen atoms in total. The summed E-state index contributed by atoms with van der Waals surface area (Å²) >= 11 is 0. The number of aliphatic hydroxyl groups excluding tert-OH is 1. The number of alkyl halides is 3. The number of H-pyrrole nitrogens is 1. The fourth-order valence-corrected chi connectivity index (χ4v) is 4.26. The van der Waals surface area contributed by atoms with E-state index in [-0.39, 0.29) is 17.4 Å². The summed E-state index contributed by atoms with van der Waals surface area (Å²) in [5.41, 5.74) is 2.60. The number of aromatic nitrogens is 2. The number of rotatable bonds is 1. The van der Waals surface area contributed by atoms with Gasteiger partial charge in [0.1, 0.15) is 0 Å². The van der Waals surface area contributed by atoms with Gasteiger partial charge >= 0.3 is 6.18 Å². The molecule has 6 heteroatoms. The topological polar surface area (TPSA) is 48.9 Å². The lowest BCUT2D eigenvalue weighted by molar-refractivity contribution is -0.111. The number of nitrogens with one attached hydrogen (secondary N) is 1. The third-order valence-electron chi connectivity index (χ3n) is 5.29. The largest absolute Gasteiger partial charge is 0.415 e. The first-order chi connectivity index (χ1) is 10.9. The van der Waals surface area contributed by atoms with E-state index in [4.69, 9.17) is 0 Å². The van der Waals surface area contributed by atoms with E-state index in [1.54, 1.807) is 18.5 Å². The standard InChI is InChI=1S/C17H17F3N2O/c1-2-8-5-9-6-11-10(3-4-12-15(11)22-7-21-12)13(9)14(16(8)23)17(18,19)20/h3-4,7-9,16,23H,2,5-6H2,1H3,(H,21,22)/t8-,9?,16-/m1/s1. The number of halogens is 3. The van der Waals surface area contributed by atoms with Gasteiger partial charge in [0.15, 0.2) is 0 Å². The number of allylic oxidation sites excluding steroid dienone is 1. The number of imidazole rings is 1. The van der Waals surface area contributed by atoms with Crippen molar-refractivity contribution >= 4 is 16.6 Å². The van der Waals surface area contributed by atoms with Crippen LogP contribution in [0.4, 0.5) is 13.2 Å². The Morgan fingerprint density at radius 3 is 2.83 bits per heavy atom. The smallest absolute Gasteiger partial charge is 0.388 e. The maximum atomic E-state index is 13.6. The quantitative estimate of drug-likeness (QED) is 0.838. The number of aromatic amines is 1. The molecule has 1 unspecified atom stereocenters.